The fourth-order valence-corrected chi connectivity index (χ4v) is 3.18. The molecule has 1 aliphatic heterocycles. The van der Waals surface area contributed by atoms with Crippen LogP contribution in [0.15, 0.2) is 35.7 Å². The van der Waals surface area contributed by atoms with Crippen LogP contribution in [0.1, 0.15) is 25.0 Å². The number of pyridine rings is 1. The first-order valence-corrected chi connectivity index (χ1v) is 10.00. The van der Waals surface area contributed by atoms with E-state index in [0.717, 1.165) is 36.6 Å². The van der Waals surface area contributed by atoms with Gasteiger partial charge in [0.15, 0.2) is 5.96 Å². The van der Waals surface area contributed by atoms with Crippen LogP contribution in [0.3, 0.4) is 0 Å². The van der Waals surface area contributed by atoms with Gasteiger partial charge in [0.2, 0.25) is 0 Å². The summed E-state index contributed by atoms with van der Waals surface area (Å²) in [6.07, 6.45) is 5.30. The molecule has 1 unspecified atom stereocenters. The fourth-order valence-electron chi connectivity index (χ4n) is 3.18. The molecular weight excluding hydrogens is 370 g/mol. The Balaban J connectivity index is 1.68. The topological polar surface area (TPSA) is 99.8 Å². The maximum atomic E-state index is 10.8. The van der Waals surface area contributed by atoms with E-state index in [2.05, 4.69) is 31.7 Å². The molecule has 0 amide bonds. The molecule has 3 heterocycles. The van der Waals surface area contributed by atoms with Gasteiger partial charge in [0, 0.05) is 50.2 Å². The zero-order valence-electron chi connectivity index (χ0n) is 17.4. The predicted octanol–water partition coefficient (Wildman–Crippen LogP) is 0.615. The monoisotopic (exact) mass is 401 g/mol. The molecule has 9 heteroatoms. The molecule has 1 aliphatic rings. The number of ether oxygens (including phenoxy) is 1. The van der Waals surface area contributed by atoms with E-state index < -0.39 is 5.60 Å². The highest BCUT2D eigenvalue weighted by atomic mass is 16.5. The molecule has 158 valence electrons. The van der Waals surface area contributed by atoms with Crippen LogP contribution in [0.4, 0.5) is 5.82 Å². The van der Waals surface area contributed by atoms with Crippen molar-refractivity contribution >= 4 is 11.8 Å². The lowest BCUT2D eigenvalue weighted by Gasteiger charge is -2.29. The maximum absolute atomic E-state index is 10.8. The number of aliphatic hydroxyl groups is 1. The van der Waals surface area contributed by atoms with Gasteiger partial charge in [-0.05, 0) is 19.9 Å². The molecule has 0 radical (unpaired) electrons. The number of hydrogen-bond acceptors (Lipinski definition) is 6. The molecule has 2 aromatic heterocycles. The second-order valence-electron chi connectivity index (χ2n) is 7.31. The van der Waals surface area contributed by atoms with E-state index in [-0.39, 0.29) is 0 Å². The van der Waals surface area contributed by atoms with Gasteiger partial charge < -0.3 is 25.4 Å². The number of aliphatic imine (C=N–C) groups is 1. The highest BCUT2D eigenvalue weighted by molar-refractivity contribution is 5.80. The van der Waals surface area contributed by atoms with Gasteiger partial charge in [-0.3, -0.25) is 4.68 Å². The second-order valence-corrected chi connectivity index (χ2v) is 7.31. The number of guanidine groups is 1. The van der Waals surface area contributed by atoms with Gasteiger partial charge in [-0.1, -0.05) is 6.07 Å². The van der Waals surface area contributed by atoms with E-state index in [1.165, 1.54) is 0 Å². The van der Waals surface area contributed by atoms with E-state index in [0.29, 0.717) is 32.3 Å². The molecule has 3 N–H and O–H groups in total. The summed E-state index contributed by atoms with van der Waals surface area (Å²) in [7, 11) is 1.83. The van der Waals surface area contributed by atoms with Crippen molar-refractivity contribution in [1.29, 1.82) is 0 Å². The van der Waals surface area contributed by atoms with E-state index in [1.54, 1.807) is 17.8 Å². The lowest BCUT2D eigenvalue weighted by molar-refractivity contribution is 0.0616. The molecule has 1 atom stereocenters. The van der Waals surface area contributed by atoms with Crippen molar-refractivity contribution in [2.75, 3.05) is 44.3 Å². The summed E-state index contributed by atoms with van der Waals surface area (Å²) in [4.78, 5) is 11.5. The minimum absolute atomic E-state index is 0.313. The number of hydrogen-bond donors (Lipinski definition) is 3. The van der Waals surface area contributed by atoms with E-state index in [4.69, 9.17) is 9.73 Å². The first-order chi connectivity index (χ1) is 14.0. The molecule has 2 aromatic rings. The smallest absolute Gasteiger partial charge is 0.191 e. The van der Waals surface area contributed by atoms with Gasteiger partial charge >= 0.3 is 0 Å². The second kappa shape index (κ2) is 9.71. The highest BCUT2D eigenvalue weighted by Crippen LogP contribution is 2.20. The Morgan fingerprint density at radius 1 is 1.34 bits per heavy atom. The van der Waals surface area contributed by atoms with Crippen LogP contribution < -0.4 is 15.5 Å². The van der Waals surface area contributed by atoms with Crippen molar-refractivity contribution < 1.29 is 9.84 Å². The molecule has 29 heavy (non-hydrogen) atoms. The van der Waals surface area contributed by atoms with Crippen molar-refractivity contribution in [2.24, 2.45) is 12.0 Å². The average Bonchev–Trinajstić information content (AvgIpc) is 3.18. The van der Waals surface area contributed by atoms with Gasteiger partial charge in [0.25, 0.3) is 0 Å². The van der Waals surface area contributed by atoms with E-state index in [9.17, 15) is 5.11 Å². The zero-order valence-corrected chi connectivity index (χ0v) is 17.4. The summed E-state index contributed by atoms with van der Waals surface area (Å²) < 4.78 is 7.13. The molecule has 0 aromatic carbocycles. The average molecular weight is 402 g/mol. The number of nitrogens with zero attached hydrogens (tertiary/aromatic N) is 5. The third-order valence-corrected chi connectivity index (χ3v) is 4.86. The number of anilines is 1. The Morgan fingerprint density at radius 3 is 2.83 bits per heavy atom. The maximum Gasteiger partial charge on any atom is 0.191 e. The zero-order chi connectivity index (χ0) is 20.7. The highest BCUT2D eigenvalue weighted by Gasteiger charge is 2.25. The summed E-state index contributed by atoms with van der Waals surface area (Å²) in [6, 6.07) is 3.99. The summed E-state index contributed by atoms with van der Waals surface area (Å²) in [5, 5.41) is 21.4. The Hall–Kier alpha value is -2.65. The lowest BCUT2D eigenvalue weighted by atomic mass is 10.00. The van der Waals surface area contributed by atoms with Gasteiger partial charge in [0.05, 0.1) is 32.5 Å². The molecular formula is C20H31N7O2. The summed E-state index contributed by atoms with van der Waals surface area (Å²) in [5.74, 6) is 1.60. The van der Waals surface area contributed by atoms with Crippen LogP contribution in [0.25, 0.3) is 0 Å². The lowest BCUT2D eigenvalue weighted by Crippen LogP contribution is -2.44. The molecule has 1 saturated heterocycles. The fraction of sp³-hybridized carbons (Fsp3) is 0.550. The molecule has 3 rings (SSSR count). The van der Waals surface area contributed by atoms with Crippen LogP contribution in [-0.2, 0) is 23.9 Å². The third-order valence-electron chi connectivity index (χ3n) is 4.86. The third kappa shape index (κ3) is 5.68. The molecule has 1 fully saturated rings. The predicted molar refractivity (Wildman–Crippen MR) is 113 cm³/mol. The summed E-state index contributed by atoms with van der Waals surface area (Å²) in [5.41, 5.74) is 0.758. The number of nitrogens with one attached hydrogen (secondary N) is 2. The Kier molecular flexibility index (Phi) is 7.05. The number of rotatable bonds is 7. The van der Waals surface area contributed by atoms with Crippen molar-refractivity contribution in [3.63, 3.8) is 0 Å². The van der Waals surface area contributed by atoms with Crippen molar-refractivity contribution in [1.82, 2.24) is 25.4 Å². The van der Waals surface area contributed by atoms with Crippen molar-refractivity contribution in [3.8, 4) is 0 Å². The van der Waals surface area contributed by atoms with Crippen LogP contribution in [0.5, 0.6) is 0 Å². The van der Waals surface area contributed by atoms with Crippen LogP contribution in [-0.4, -0.2) is 65.2 Å². The Morgan fingerprint density at radius 2 is 2.14 bits per heavy atom. The quantitative estimate of drug-likeness (QED) is 0.462. The molecule has 0 spiro atoms. The number of aromatic nitrogens is 3. The van der Waals surface area contributed by atoms with E-state index in [1.807, 2.05) is 32.4 Å². The van der Waals surface area contributed by atoms with Gasteiger partial charge in [-0.2, -0.15) is 5.10 Å². The first kappa shape index (κ1) is 21.1. The van der Waals surface area contributed by atoms with Crippen LogP contribution in [0.2, 0.25) is 0 Å². The summed E-state index contributed by atoms with van der Waals surface area (Å²) >= 11 is 0. The Labute approximate surface area is 171 Å². The molecule has 0 aliphatic carbocycles. The van der Waals surface area contributed by atoms with Crippen LogP contribution in [0, 0.1) is 0 Å². The largest absolute Gasteiger partial charge is 0.383 e. The Bertz CT molecular complexity index is 813. The number of aryl methyl sites for hydroxylation is 1. The SMILES string of the molecule is CCNC(=NCc1cccnc1N1CCOCC1)NCC(C)(O)c1cnn(C)c1. The van der Waals surface area contributed by atoms with Gasteiger partial charge in [-0.25, -0.2) is 9.98 Å². The molecule has 9 nitrogen and oxygen atoms in total. The minimum atomic E-state index is -1.06. The molecule has 0 bridgehead atoms. The normalized spacial score (nSPS) is 17.1. The van der Waals surface area contributed by atoms with E-state index >= 15 is 0 Å². The van der Waals surface area contributed by atoms with Gasteiger partial charge in [-0.15, -0.1) is 0 Å². The van der Waals surface area contributed by atoms with Crippen molar-refractivity contribution in [2.45, 2.75) is 26.0 Å². The van der Waals surface area contributed by atoms with Crippen LogP contribution >= 0.6 is 0 Å². The van der Waals surface area contributed by atoms with Crippen molar-refractivity contribution in [3.05, 3.63) is 41.9 Å². The standard InChI is InChI=1S/C20H31N7O2/c1-4-21-19(24-15-20(2,28)17-13-25-26(3)14-17)23-12-16-6-5-7-22-18(16)27-8-10-29-11-9-27/h5-7,13-14,28H,4,8-12,15H2,1-3H3,(H2,21,23,24). The molecule has 0 saturated carbocycles. The summed E-state index contributed by atoms with van der Waals surface area (Å²) in [6.45, 7) is 8.40. The number of morpholine rings is 1. The first-order valence-electron chi connectivity index (χ1n) is 10.00. The minimum Gasteiger partial charge on any atom is -0.383 e. The van der Waals surface area contributed by atoms with Gasteiger partial charge in [0.1, 0.15) is 11.4 Å².